The molecular formula is C6H11F2N3O2. The van der Waals surface area contributed by atoms with Gasteiger partial charge in [-0.1, -0.05) is 5.18 Å². The zero-order chi connectivity index (χ0) is 10.6. The van der Waals surface area contributed by atoms with E-state index in [1.165, 1.54) is 0 Å². The summed E-state index contributed by atoms with van der Waals surface area (Å²) in [7, 11) is 0. The Morgan fingerprint density at radius 2 is 2.08 bits per heavy atom. The van der Waals surface area contributed by atoms with Crippen molar-refractivity contribution in [3.05, 3.63) is 4.91 Å². The summed E-state index contributed by atoms with van der Waals surface area (Å²) in [6.07, 6.45) is -0.799. The van der Waals surface area contributed by atoms with Gasteiger partial charge in [0.25, 0.3) is 0 Å². The number of primary amides is 1. The maximum atomic E-state index is 12.4. The highest BCUT2D eigenvalue weighted by Crippen LogP contribution is 2.20. The SMILES string of the molecule is CC(F)(F)CC(N)C(N=O)C(N)=O. The van der Waals surface area contributed by atoms with Gasteiger partial charge in [-0.3, -0.25) is 4.79 Å². The van der Waals surface area contributed by atoms with Gasteiger partial charge in [-0.25, -0.2) is 8.78 Å². The van der Waals surface area contributed by atoms with E-state index in [2.05, 4.69) is 5.18 Å². The molecule has 0 heterocycles. The van der Waals surface area contributed by atoms with Crippen LogP contribution < -0.4 is 11.5 Å². The van der Waals surface area contributed by atoms with Gasteiger partial charge in [0, 0.05) is 12.5 Å². The van der Waals surface area contributed by atoms with Crippen LogP contribution in [0.2, 0.25) is 0 Å². The van der Waals surface area contributed by atoms with Crippen LogP contribution in [0.3, 0.4) is 0 Å². The number of amides is 1. The molecule has 0 aliphatic rings. The van der Waals surface area contributed by atoms with E-state index < -0.39 is 30.3 Å². The fourth-order valence-electron chi connectivity index (χ4n) is 0.867. The number of carbonyl (C=O) groups is 1. The molecule has 0 aromatic carbocycles. The second-order valence-corrected chi connectivity index (χ2v) is 2.89. The average Bonchev–Trinajstić information content (AvgIpc) is 1.82. The van der Waals surface area contributed by atoms with Crippen LogP contribution in [0.15, 0.2) is 5.18 Å². The maximum Gasteiger partial charge on any atom is 0.247 e. The Kier molecular flexibility index (Phi) is 3.86. The highest BCUT2D eigenvalue weighted by atomic mass is 19.3. The first kappa shape index (κ1) is 11.9. The molecule has 0 saturated heterocycles. The van der Waals surface area contributed by atoms with Crippen LogP contribution in [0, 0.1) is 4.91 Å². The minimum Gasteiger partial charge on any atom is -0.368 e. The number of nitroso groups, excluding NO2 is 1. The fourth-order valence-corrected chi connectivity index (χ4v) is 0.867. The standard InChI is InChI=1S/C6H11F2N3O2/c1-6(7,8)2-3(9)4(11-13)5(10)12/h3-4H,2,9H2,1H3,(H2,10,12). The smallest absolute Gasteiger partial charge is 0.247 e. The van der Waals surface area contributed by atoms with Crippen molar-refractivity contribution in [3.8, 4) is 0 Å². The molecule has 1 amide bonds. The maximum absolute atomic E-state index is 12.4. The lowest BCUT2D eigenvalue weighted by Crippen LogP contribution is -2.45. The highest BCUT2D eigenvalue weighted by Gasteiger charge is 2.32. The summed E-state index contributed by atoms with van der Waals surface area (Å²) in [6, 6.07) is -2.93. The molecule has 0 bridgehead atoms. The average molecular weight is 195 g/mol. The molecule has 0 aromatic heterocycles. The molecule has 5 nitrogen and oxygen atoms in total. The summed E-state index contributed by atoms with van der Waals surface area (Å²) >= 11 is 0. The van der Waals surface area contributed by atoms with Crippen LogP contribution in [-0.2, 0) is 4.79 Å². The number of rotatable bonds is 5. The molecule has 0 aliphatic heterocycles. The molecule has 0 aliphatic carbocycles. The summed E-state index contributed by atoms with van der Waals surface area (Å²) in [5, 5.41) is 2.29. The topological polar surface area (TPSA) is 98.5 Å². The van der Waals surface area contributed by atoms with Gasteiger partial charge in [0.05, 0.1) is 0 Å². The first-order valence-electron chi connectivity index (χ1n) is 3.53. The molecule has 7 heteroatoms. The van der Waals surface area contributed by atoms with E-state index in [9.17, 15) is 18.5 Å². The van der Waals surface area contributed by atoms with Crippen molar-refractivity contribution in [1.29, 1.82) is 0 Å². The quantitative estimate of drug-likeness (QED) is 0.603. The molecule has 76 valence electrons. The molecule has 0 fully saturated rings. The molecule has 0 saturated carbocycles. The van der Waals surface area contributed by atoms with Crippen LogP contribution in [0.1, 0.15) is 13.3 Å². The summed E-state index contributed by atoms with van der Waals surface area (Å²) < 4.78 is 24.7. The van der Waals surface area contributed by atoms with Crippen LogP contribution in [-0.4, -0.2) is 23.9 Å². The zero-order valence-corrected chi connectivity index (χ0v) is 7.04. The Morgan fingerprint density at radius 3 is 2.31 bits per heavy atom. The van der Waals surface area contributed by atoms with Crippen molar-refractivity contribution in [1.82, 2.24) is 0 Å². The van der Waals surface area contributed by atoms with Crippen molar-refractivity contribution in [2.45, 2.75) is 31.4 Å². The minimum atomic E-state index is -3.04. The van der Waals surface area contributed by atoms with Crippen molar-refractivity contribution in [2.24, 2.45) is 16.6 Å². The minimum absolute atomic E-state index is 0.635. The number of nitrogens with two attached hydrogens (primary N) is 2. The first-order chi connectivity index (χ1) is 5.78. The number of hydrogen-bond acceptors (Lipinski definition) is 4. The van der Waals surface area contributed by atoms with E-state index >= 15 is 0 Å². The van der Waals surface area contributed by atoms with Crippen molar-refractivity contribution in [3.63, 3.8) is 0 Å². The number of nitrogens with zero attached hydrogens (tertiary/aromatic N) is 1. The van der Waals surface area contributed by atoms with E-state index in [1.54, 1.807) is 0 Å². The molecule has 2 atom stereocenters. The monoisotopic (exact) mass is 195 g/mol. The number of halogens is 2. The molecule has 0 rings (SSSR count). The van der Waals surface area contributed by atoms with Crippen molar-refractivity contribution >= 4 is 5.91 Å². The lowest BCUT2D eigenvalue weighted by atomic mass is 10.0. The van der Waals surface area contributed by atoms with Crippen molar-refractivity contribution in [2.75, 3.05) is 0 Å². The number of carbonyl (C=O) groups excluding carboxylic acids is 1. The molecular weight excluding hydrogens is 184 g/mol. The Labute approximate surface area is 73.4 Å². The molecule has 2 unspecified atom stereocenters. The predicted octanol–water partition coefficient (Wildman–Crippen LogP) is -0.0207. The van der Waals surface area contributed by atoms with Gasteiger partial charge in [-0.15, -0.1) is 4.91 Å². The van der Waals surface area contributed by atoms with Crippen LogP contribution in [0.25, 0.3) is 0 Å². The number of alkyl halides is 2. The van der Waals surface area contributed by atoms with Gasteiger partial charge in [0.1, 0.15) is 0 Å². The first-order valence-corrected chi connectivity index (χ1v) is 3.53. The van der Waals surface area contributed by atoms with Gasteiger partial charge < -0.3 is 11.5 Å². The second-order valence-electron chi connectivity index (χ2n) is 2.89. The second kappa shape index (κ2) is 4.22. The summed E-state index contributed by atoms with van der Waals surface area (Å²) in [5.41, 5.74) is 9.85. The molecule has 0 spiro atoms. The molecule has 4 N–H and O–H groups in total. The van der Waals surface area contributed by atoms with E-state index in [0.29, 0.717) is 6.92 Å². The fraction of sp³-hybridized carbons (Fsp3) is 0.833. The van der Waals surface area contributed by atoms with Gasteiger partial charge in [-0.2, -0.15) is 0 Å². The lowest BCUT2D eigenvalue weighted by molar-refractivity contribution is -0.120. The van der Waals surface area contributed by atoms with Gasteiger partial charge >= 0.3 is 0 Å². The molecule has 0 aromatic rings. The summed E-state index contributed by atoms with van der Waals surface area (Å²) in [6.45, 7) is 0.635. The predicted molar refractivity (Wildman–Crippen MR) is 42.0 cm³/mol. The third-order valence-corrected chi connectivity index (χ3v) is 1.40. The lowest BCUT2D eigenvalue weighted by Gasteiger charge is -2.18. The van der Waals surface area contributed by atoms with Gasteiger partial charge in [0.15, 0.2) is 6.04 Å². The summed E-state index contributed by atoms with van der Waals surface area (Å²) in [5.74, 6) is -4.13. The zero-order valence-electron chi connectivity index (χ0n) is 7.04. The van der Waals surface area contributed by atoms with E-state index in [0.717, 1.165) is 0 Å². The largest absolute Gasteiger partial charge is 0.368 e. The summed E-state index contributed by atoms with van der Waals surface area (Å²) in [4.78, 5) is 20.5. The molecule has 0 radical (unpaired) electrons. The van der Waals surface area contributed by atoms with E-state index in [1.807, 2.05) is 0 Å². The van der Waals surface area contributed by atoms with E-state index in [-0.39, 0.29) is 0 Å². The normalized spacial score (nSPS) is 16.3. The van der Waals surface area contributed by atoms with Crippen LogP contribution in [0.4, 0.5) is 8.78 Å². The number of hydrogen-bond donors (Lipinski definition) is 2. The third kappa shape index (κ3) is 4.46. The third-order valence-electron chi connectivity index (χ3n) is 1.40. The Bertz CT molecular complexity index is 205. The Balaban J connectivity index is 4.30. The Hall–Kier alpha value is -1.11. The van der Waals surface area contributed by atoms with Gasteiger partial charge in [0.2, 0.25) is 11.8 Å². The molecule has 13 heavy (non-hydrogen) atoms. The van der Waals surface area contributed by atoms with Gasteiger partial charge in [-0.05, 0) is 6.92 Å². The highest BCUT2D eigenvalue weighted by molar-refractivity contribution is 5.80. The van der Waals surface area contributed by atoms with Crippen LogP contribution in [0.5, 0.6) is 0 Å². The van der Waals surface area contributed by atoms with E-state index in [4.69, 9.17) is 11.5 Å². The Morgan fingerprint density at radius 1 is 1.62 bits per heavy atom. The van der Waals surface area contributed by atoms with Crippen LogP contribution >= 0.6 is 0 Å². The van der Waals surface area contributed by atoms with Crippen molar-refractivity contribution < 1.29 is 13.6 Å².